The second-order valence-electron chi connectivity index (χ2n) is 5.21. The maximum atomic E-state index is 13.0. The van der Waals surface area contributed by atoms with Crippen molar-refractivity contribution >= 4 is 37.6 Å². The zero-order valence-corrected chi connectivity index (χ0v) is 15.8. The van der Waals surface area contributed by atoms with Crippen molar-refractivity contribution in [2.45, 2.75) is 6.10 Å². The first-order valence-corrected chi connectivity index (χ1v) is 8.99. The fraction of sp³-hybridized carbons (Fsp3) is 0.0500. The van der Waals surface area contributed by atoms with Gasteiger partial charge in [-0.2, -0.15) is 0 Å². The zero-order valence-electron chi connectivity index (χ0n) is 12.7. The van der Waals surface area contributed by atoms with Gasteiger partial charge >= 0.3 is 0 Å². The van der Waals surface area contributed by atoms with E-state index in [-0.39, 0.29) is 5.78 Å². The van der Waals surface area contributed by atoms with Gasteiger partial charge in [-0.1, -0.05) is 76.6 Å². The minimum absolute atomic E-state index is 0.0753. The normalized spacial score (nSPS) is 11.8. The summed E-state index contributed by atoms with van der Waals surface area (Å²) in [6.07, 6.45) is -0.709. The summed E-state index contributed by atoms with van der Waals surface area (Å²) in [5.41, 5.74) is 1.44. The number of halogens is 2. The number of carbonyl (C=O) groups excluding carboxylic acids is 1. The first kappa shape index (κ1) is 16.9. The van der Waals surface area contributed by atoms with Gasteiger partial charge in [0, 0.05) is 15.6 Å². The Labute approximate surface area is 157 Å². The van der Waals surface area contributed by atoms with Gasteiger partial charge in [-0.05, 0) is 34.1 Å². The Hall–Kier alpha value is -1.91. The summed E-state index contributed by atoms with van der Waals surface area (Å²) in [5.74, 6) is 0.538. The number of rotatable bonds is 5. The van der Waals surface area contributed by atoms with Crippen LogP contribution in [0.1, 0.15) is 22.0 Å². The van der Waals surface area contributed by atoms with Crippen LogP contribution < -0.4 is 4.74 Å². The fourth-order valence-electron chi connectivity index (χ4n) is 2.35. The van der Waals surface area contributed by atoms with Crippen molar-refractivity contribution in [3.8, 4) is 5.75 Å². The van der Waals surface area contributed by atoms with Crippen molar-refractivity contribution in [1.29, 1.82) is 0 Å². The van der Waals surface area contributed by atoms with Crippen LogP contribution in [0.3, 0.4) is 0 Å². The molecule has 3 rings (SSSR count). The van der Waals surface area contributed by atoms with Crippen LogP contribution >= 0.6 is 31.9 Å². The highest BCUT2D eigenvalue weighted by atomic mass is 79.9. The van der Waals surface area contributed by atoms with E-state index in [1.54, 1.807) is 12.1 Å². The van der Waals surface area contributed by atoms with E-state index in [0.717, 1.165) is 14.5 Å². The van der Waals surface area contributed by atoms with E-state index >= 15 is 0 Å². The number of hydrogen-bond acceptors (Lipinski definition) is 2. The second-order valence-corrected chi connectivity index (χ2v) is 6.98. The van der Waals surface area contributed by atoms with Gasteiger partial charge in [0.1, 0.15) is 5.75 Å². The molecule has 0 saturated carbocycles. The van der Waals surface area contributed by atoms with Crippen LogP contribution in [0, 0.1) is 0 Å². The number of ether oxygens (including phenoxy) is 1. The summed E-state index contributed by atoms with van der Waals surface area (Å²) in [6.45, 7) is 0. The lowest BCUT2D eigenvalue weighted by Crippen LogP contribution is -2.19. The first-order valence-electron chi connectivity index (χ1n) is 7.41. The molecular weight excluding hydrogens is 432 g/mol. The van der Waals surface area contributed by atoms with Gasteiger partial charge in [0.15, 0.2) is 6.10 Å². The van der Waals surface area contributed by atoms with Crippen LogP contribution in [0.4, 0.5) is 0 Å². The van der Waals surface area contributed by atoms with Gasteiger partial charge in [-0.3, -0.25) is 4.79 Å². The van der Waals surface area contributed by atoms with Gasteiger partial charge < -0.3 is 4.74 Å². The molecular formula is C20H14Br2O2. The second kappa shape index (κ2) is 7.77. The molecule has 120 valence electrons. The quantitative estimate of drug-likeness (QED) is 0.436. The van der Waals surface area contributed by atoms with E-state index in [4.69, 9.17) is 4.74 Å². The van der Waals surface area contributed by atoms with E-state index in [9.17, 15) is 4.79 Å². The molecule has 4 heteroatoms. The molecule has 0 aliphatic carbocycles. The average molecular weight is 446 g/mol. The van der Waals surface area contributed by atoms with Crippen LogP contribution in [0.5, 0.6) is 5.75 Å². The van der Waals surface area contributed by atoms with Gasteiger partial charge in [0.05, 0.1) is 4.47 Å². The Morgan fingerprint density at radius 2 is 1.46 bits per heavy atom. The van der Waals surface area contributed by atoms with E-state index in [0.29, 0.717) is 11.3 Å². The minimum atomic E-state index is -0.709. The summed E-state index contributed by atoms with van der Waals surface area (Å²) < 4.78 is 7.79. The molecule has 0 bridgehead atoms. The molecule has 0 amide bonds. The third kappa shape index (κ3) is 3.94. The van der Waals surface area contributed by atoms with Crippen molar-refractivity contribution in [2.24, 2.45) is 0 Å². The lowest BCUT2D eigenvalue weighted by atomic mass is 10.00. The number of ketones is 1. The van der Waals surface area contributed by atoms with Crippen LogP contribution in [0.2, 0.25) is 0 Å². The Morgan fingerprint density at radius 3 is 2.12 bits per heavy atom. The molecule has 0 fully saturated rings. The molecule has 0 heterocycles. The fourth-order valence-corrected chi connectivity index (χ4v) is 3.03. The van der Waals surface area contributed by atoms with Gasteiger partial charge in [0.2, 0.25) is 5.78 Å². The van der Waals surface area contributed by atoms with Gasteiger partial charge in [0.25, 0.3) is 0 Å². The van der Waals surface area contributed by atoms with E-state index in [2.05, 4.69) is 31.9 Å². The molecule has 0 spiro atoms. The summed E-state index contributed by atoms with van der Waals surface area (Å²) in [5, 5.41) is 0. The summed E-state index contributed by atoms with van der Waals surface area (Å²) >= 11 is 6.92. The van der Waals surface area contributed by atoms with Crippen LogP contribution in [-0.2, 0) is 0 Å². The number of benzene rings is 3. The Balaban J connectivity index is 2.00. The van der Waals surface area contributed by atoms with Crippen molar-refractivity contribution in [3.63, 3.8) is 0 Å². The predicted octanol–water partition coefficient (Wildman–Crippen LogP) is 6.21. The third-order valence-electron chi connectivity index (χ3n) is 3.54. The first-order chi connectivity index (χ1) is 11.6. The highest BCUT2D eigenvalue weighted by molar-refractivity contribution is 9.11. The van der Waals surface area contributed by atoms with Crippen molar-refractivity contribution < 1.29 is 9.53 Å². The minimum Gasteiger partial charge on any atom is -0.476 e. The number of Topliss-reactive ketones (excluding diaryl/α,β-unsaturated/α-hetero) is 1. The molecule has 0 aliphatic heterocycles. The predicted molar refractivity (Wildman–Crippen MR) is 102 cm³/mol. The van der Waals surface area contributed by atoms with Crippen molar-refractivity contribution in [1.82, 2.24) is 0 Å². The molecule has 1 atom stereocenters. The largest absolute Gasteiger partial charge is 0.476 e. The molecule has 3 aromatic rings. The monoisotopic (exact) mass is 444 g/mol. The van der Waals surface area contributed by atoms with Crippen molar-refractivity contribution in [3.05, 3.63) is 98.9 Å². The molecule has 1 unspecified atom stereocenters. The topological polar surface area (TPSA) is 26.3 Å². The summed E-state index contributed by atoms with van der Waals surface area (Å²) in [6, 6.07) is 24.4. The van der Waals surface area contributed by atoms with E-state index in [1.165, 1.54) is 0 Å². The van der Waals surface area contributed by atoms with Crippen molar-refractivity contribution in [2.75, 3.05) is 0 Å². The van der Waals surface area contributed by atoms with E-state index in [1.807, 2.05) is 66.7 Å². The van der Waals surface area contributed by atoms with E-state index < -0.39 is 6.10 Å². The maximum Gasteiger partial charge on any atom is 0.207 e. The smallest absolute Gasteiger partial charge is 0.207 e. The molecule has 24 heavy (non-hydrogen) atoms. The number of carbonyl (C=O) groups is 1. The Bertz CT molecular complexity index is 833. The molecule has 0 aromatic heterocycles. The molecule has 0 radical (unpaired) electrons. The third-order valence-corrected chi connectivity index (χ3v) is 4.69. The standard InChI is InChI=1S/C20H14Br2O2/c21-16-11-12-17(22)18(13-16)24-20(15-9-5-2-6-10-15)19(23)14-7-3-1-4-8-14/h1-13,20H. The molecule has 0 N–H and O–H groups in total. The molecule has 0 aliphatic rings. The number of hydrogen-bond donors (Lipinski definition) is 0. The maximum absolute atomic E-state index is 13.0. The highest BCUT2D eigenvalue weighted by Gasteiger charge is 2.24. The molecule has 2 nitrogen and oxygen atoms in total. The van der Waals surface area contributed by atoms with Crippen LogP contribution in [0.15, 0.2) is 87.8 Å². The lowest BCUT2D eigenvalue weighted by Gasteiger charge is -2.19. The Kier molecular flexibility index (Phi) is 5.48. The highest BCUT2D eigenvalue weighted by Crippen LogP contribution is 2.33. The summed E-state index contributed by atoms with van der Waals surface area (Å²) in [7, 11) is 0. The SMILES string of the molecule is O=C(c1ccccc1)C(Oc1cc(Br)ccc1Br)c1ccccc1. The van der Waals surface area contributed by atoms with Gasteiger partial charge in [-0.15, -0.1) is 0 Å². The lowest BCUT2D eigenvalue weighted by molar-refractivity contribution is 0.0791. The summed E-state index contributed by atoms with van der Waals surface area (Å²) in [4.78, 5) is 13.0. The molecule has 0 saturated heterocycles. The van der Waals surface area contributed by atoms with Crippen LogP contribution in [-0.4, -0.2) is 5.78 Å². The molecule has 3 aromatic carbocycles. The van der Waals surface area contributed by atoms with Gasteiger partial charge in [-0.25, -0.2) is 0 Å². The zero-order chi connectivity index (χ0) is 16.9. The van der Waals surface area contributed by atoms with Crippen LogP contribution in [0.25, 0.3) is 0 Å². The average Bonchev–Trinajstić information content (AvgIpc) is 2.63. The Morgan fingerprint density at radius 1 is 0.833 bits per heavy atom.